The Kier molecular flexibility index (Phi) is 4.35. The van der Waals surface area contributed by atoms with Gasteiger partial charge < -0.3 is 10.2 Å². The first-order valence-electron chi connectivity index (χ1n) is 6.32. The van der Waals surface area contributed by atoms with Gasteiger partial charge in [0.05, 0.1) is 11.1 Å². The van der Waals surface area contributed by atoms with Crippen LogP contribution in [0.15, 0.2) is 6.07 Å². The molecule has 0 bridgehead atoms. The summed E-state index contributed by atoms with van der Waals surface area (Å²) in [6, 6.07) is 1.68. The number of benzene rings is 1. The summed E-state index contributed by atoms with van der Waals surface area (Å²) in [5.74, 6) is -2.26. The number of aryl methyl sites for hydroxylation is 1. The minimum absolute atomic E-state index is 0.0325. The summed E-state index contributed by atoms with van der Waals surface area (Å²) in [7, 11) is 0. The van der Waals surface area contributed by atoms with Crippen LogP contribution in [-0.4, -0.2) is 22.2 Å². The molecule has 0 saturated heterocycles. The van der Waals surface area contributed by atoms with Crippen LogP contribution in [0.3, 0.4) is 0 Å². The van der Waals surface area contributed by atoms with Gasteiger partial charge in [-0.2, -0.15) is 0 Å². The third kappa shape index (κ3) is 2.78. The van der Waals surface area contributed by atoms with Crippen molar-refractivity contribution >= 4 is 11.9 Å². The second-order valence-electron chi connectivity index (χ2n) is 5.37. The van der Waals surface area contributed by atoms with Crippen LogP contribution < -0.4 is 0 Å². The molecule has 0 radical (unpaired) electrons. The Balaban J connectivity index is 3.87. The smallest absolute Gasteiger partial charge is 0.336 e. The van der Waals surface area contributed by atoms with Gasteiger partial charge in [-0.1, -0.05) is 33.8 Å². The zero-order chi connectivity index (χ0) is 14.9. The maximum Gasteiger partial charge on any atom is 0.336 e. The molecule has 0 aliphatic rings. The van der Waals surface area contributed by atoms with Crippen molar-refractivity contribution in [1.82, 2.24) is 0 Å². The van der Waals surface area contributed by atoms with Gasteiger partial charge in [0, 0.05) is 0 Å². The molecule has 0 aliphatic heterocycles. The van der Waals surface area contributed by atoms with E-state index in [4.69, 9.17) is 0 Å². The second kappa shape index (κ2) is 5.43. The molecular formula is C15H20O4. The lowest BCUT2D eigenvalue weighted by molar-refractivity contribution is 0.0693. The maximum atomic E-state index is 11.5. The lowest BCUT2D eigenvalue weighted by Gasteiger charge is -2.21. The molecule has 0 fully saturated rings. The van der Waals surface area contributed by atoms with Crippen LogP contribution in [0.5, 0.6) is 0 Å². The Morgan fingerprint density at radius 2 is 1.42 bits per heavy atom. The number of rotatable bonds is 4. The molecule has 0 saturated carbocycles. The molecule has 4 heteroatoms. The number of carboxylic acids is 2. The van der Waals surface area contributed by atoms with Crippen molar-refractivity contribution in [3.8, 4) is 0 Å². The van der Waals surface area contributed by atoms with Crippen LogP contribution in [0.4, 0.5) is 0 Å². The lowest BCUT2D eigenvalue weighted by Crippen LogP contribution is -2.16. The average molecular weight is 264 g/mol. The first kappa shape index (κ1) is 15.2. The van der Waals surface area contributed by atoms with Crippen molar-refractivity contribution in [3.63, 3.8) is 0 Å². The molecule has 0 unspecified atom stereocenters. The van der Waals surface area contributed by atoms with E-state index in [1.807, 2.05) is 27.7 Å². The SMILES string of the molecule is Cc1cc(C(C)C)c(C(=O)O)c(C(C)C)c1C(=O)O. The molecule has 1 aromatic rings. The fourth-order valence-electron chi connectivity index (χ4n) is 2.43. The van der Waals surface area contributed by atoms with Gasteiger partial charge in [-0.3, -0.25) is 0 Å². The number of carboxylic acid groups (broad SMARTS) is 2. The van der Waals surface area contributed by atoms with Gasteiger partial charge in [0.1, 0.15) is 0 Å². The molecule has 104 valence electrons. The van der Waals surface area contributed by atoms with Crippen molar-refractivity contribution in [2.24, 2.45) is 0 Å². The molecule has 0 spiro atoms. The van der Waals surface area contributed by atoms with E-state index in [0.717, 1.165) is 0 Å². The molecule has 0 heterocycles. The summed E-state index contributed by atoms with van der Waals surface area (Å²) in [5.41, 5.74) is 2.00. The summed E-state index contributed by atoms with van der Waals surface area (Å²) in [6.07, 6.45) is 0. The van der Waals surface area contributed by atoms with Gasteiger partial charge in [-0.25, -0.2) is 9.59 Å². The minimum atomic E-state index is -1.07. The predicted molar refractivity (Wildman–Crippen MR) is 73.3 cm³/mol. The highest BCUT2D eigenvalue weighted by Crippen LogP contribution is 2.33. The first-order valence-corrected chi connectivity index (χ1v) is 6.32. The number of hydrogen-bond donors (Lipinski definition) is 2. The molecule has 1 aromatic carbocycles. The Morgan fingerprint density at radius 3 is 1.74 bits per heavy atom. The fourth-order valence-corrected chi connectivity index (χ4v) is 2.43. The summed E-state index contributed by atoms with van der Waals surface area (Å²) >= 11 is 0. The summed E-state index contributed by atoms with van der Waals surface area (Å²) in [6.45, 7) is 9.17. The van der Waals surface area contributed by atoms with Crippen molar-refractivity contribution < 1.29 is 19.8 Å². The van der Waals surface area contributed by atoms with Gasteiger partial charge in [-0.05, 0) is 35.4 Å². The largest absolute Gasteiger partial charge is 0.478 e. The van der Waals surface area contributed by atoms with Crippen LogP contribution >= 0.6 is 0 Å². The molecule has 19 heavy (non-hydrogen) atoms. The van der Waals surface area contributed by atoms with E-state index in [9.17, 15) is 19.8 Å². The van der Waals surface area contributed by atoms with E-state index in [1.54, 1.807) is 13.0 Å². The monoisotopic (exact) mass is 264 g/mol. The van der Waals surface area contributed by atoms with Crippen molar-refractivity contribution in [1.29, 1.82) is 0 Å². The van der Waals surface area contributed by atoms with E-state index in [0.29, 0.717) is 16.7 Å². The van der Waals surface area contributed by atoms with Crippen molar-refractivity contribution in [2.75, 3.05) is 0 Å². The third-order valence-corrected chi connectivity index (χ3v) is 3.22. The van der Waals surface area contributed by atoms with Crippen LogP contribution in [0.1, 0.15) is 76.9 Å². The van der Waals surface area contributed by atoms with Crippen molar-refractivity contribution in [3.05, 3.63) is 33.9 Å². The zero-order valence-corrected chi connectivity index (χ0v) is 11.9. The summed E-state index contributed by atoms with van der Waals surface area (Å²) in [4.78, 5) is 23.0. The van der Waals surface area contributed by atoms with Gasteiger partial charge in [0.25, 0.3) is 0 Å². The highest BCUT2D eigenvalue weighted by molar-refractivity contribution is 5.99. The average Bonchev–Trinajstić information content (AvgIpc) is 2.25. The summed E-state index contributed by atoms with van der Waals surface area (Å²) < 4.78 is 0. The maximum absolute atomic E-state index is 11.5. The normalized spacial score (nSPS) is 11.1. The molecule has 2 N–H and O–H groups in total. The minimum Gasteiger partial charge on any atom is -0.478 e. The quantitative estimate of drug-likeness (QED) is 0.870. The Morgan fingerprint density at radius 1 is 0.947 bits per heavy atom. The molecule has 0 aliphatic carbocycles. The van der Waals surface area contributed by atoms with Crippen molar-refractivity contribution in [2.45, 2.75) is 46.5 Å². The Labute approximate surface area is 113 Å². The van der Waals surface area contributed by atoms with E-state index in [2.05, 4.69) is 0 Å². The van der Waals surface area contributed by atoms with Crippen LogP contribution in [0, 0.1) is 6.92 Å². The standard InChI is InChI=1S/C15H20O4/c1-7(2)10-6-9(5)12(14(16)17)11(8(3)4)13(10)15(18)19/h6-8H,1-5H3,(H,16,17)(H,18,19). The predicted octanol–water partition coefficient (Wildman–Crippen LogP) is 3.64. The third-order valence-electron chi connectivity index (χ3n) is 3.22. The van der Waals surface area contributed by atoms with E-state index in [-0.39, 0.29) is 23.0 Å². The molecule has 1 rings (SSSR count). The van der Waals surface area contributed by atoms with Gasteiger partial charge in [-0.15, -0.1) is 0 Å². The number of carbonyl (C=O) groups is 2. The first-order chi connectivity index (χ1) is 8.68. The van der Waals surface area contributed by atoms with E-state index in [1.165, 1.54) is 0 Å². The lowest BCUT2D eigenvalue weighted by atomic mass is 9.83. The molecule has 4 nitrogen and oxygen atoms in total. The van der Waals surface area contributed by atoms with E-state index >= 15 is 0 Å². The van der Waals surface area contributed by atoms with Crippen LogP contribution in [0.25, 0.3) is 0 Å². The molecule has 0 amide bonds. The van der Waals surface area contributed by atoms with Gasteiger partial charge >= 0.3 is 11.9 Å². The van der Waals surface area contributed by atoms with Crippen LogP contribution in [0.2, 0.25) is 0 Å². The molecule has 0 atom stereocenters. The zero-order valence-electron chi connectivity index (χ0n) is 11.9. The summed E-state index contributed by atoms with van der Waals surface area (Å²) in [5, 5.41) is 18.8. The molecular weight excluding hydrogens is 244 g/mol. The molecule has 0 aromatic heterocycles. The highest BCUT2D eigenvalue weighted by Gasteiger charge is 2.27. The number of aromatic carboxylic acids is 2. The van der Waals surface area contributed by atoms with E-state index < -0.39 is 11.9 Å². The Hall–Kier alpha value is -1.84. The second-order valence-corrected chi connectivity index (χ2v) is 5.37. The van der Waals surface area contributed by atoms with Gasteiger partial charge in [0.15, 0.2) is 0 Å². The topological polar surface area (TPSA) is 74.6 Å². The fraction of sp³-hybridized carbons (Fsp3) is 0.467. The highest BCUT2D eigenvalue weighted by atomic mass is 16.4. The van der Waals surface area contributed by atoms with Crippen LogP contribution in [-0.2, 0) is 0 Å². The Bertz CT molecular complexity index is 527. The number of hydrogen-bond acceptors (Lipinski definition) is 2. The van der Waals surface area contributed by atoms with Gasteiger partial charge in [0.2, 0.25) is 0 Å².